The lowest BCUT2D eigenvalue weighted by Crippen LogP contribution is -2.64. The van der Waals surface area contributed by atoms with E-state index in [0.717, 1.165) is 0 Å². The standard InChI is InChI=1S/2C18H25BFN3O5/c2*1-11(23(3)19(2)26)16(24)22-15-17(25)21-13-6-4-5-12(20)14(13)28-18(15)7-9-27-10-8-18/h2*4-6,11,15,26H,7-10H2,1-3H3,(H,21,25)(H,22,24)/t11-,15+;11-,15-/m00/s1. The van der Waals surface area contributed by atoms with Crippen LogP contribution in [0.5, 0.6) is 11.5 Å². The lowest BCUT2D eigenvalue weighted by molar-refractivity contribution is -0.137. The fraction of sp³-hybridized carbons (Fsp3) is 0.556. The zero-order valence-corrected chi connectivity index (χ0v) is 32.4. The van der Waals surface area contributed by atoms with E-state index in [1.54, 1.807) is 53.7 Å². The van der Waals surface area contributed by atoms with Crippen LogP contribution in [0.25, 0.3) is 0 Å². The predicted molar refractivity (Wildman–Crippen MR) is 203 cm³/mol. The van der Waals surface area contributed by atoms with E-state index < -0.39 is 84.7 Å². The Labute approximate surface area is 325 Å². The van der Waals surface area contributed by atoms with Crippen LogP contribution >= 0.6 is 0 Å². The van der Waals surface area contributed by atoms with Gasteiger partial charge in [0.25, 0.3) is 11.8 Å². The number of carbonyl (C=O) groups is 4. The molecule has 304 valence electrons. The van der Waals surface area contributed by atoms with Crippen LogP contribution in [0.15, 0.2) is 36.4 Å². The first-order valence-electron chi connectivity index (χ1n) is 18.6. The molecule has 4 aliphatic heterocycles. The first kappa shape index (κ1) is 42.8. The quantitative estimate of drug-likeness (QED) is 0.210. The predicted octanol–water partition coefficient (Wildman–Crippen LogP) is 1.24. The maximum Gasteiger partial charge on any atom is 0.376 e. The summed E-state index contributed by atoms with van der Waals surface area (Å²) in [7, 11) is 1.54. The molecular weight excluding hydrogens is 736 g/mol. The Kier molecular flexibility index (Phi) is 13.6. The number of ether oxygens (including phenoxy) is 4. The summed E-state index contributed by atoms with van der Waals surface area (Å²) in [6.45, 7) is 7.65. The minimum atomic E-state index is -1.13. The van der Waals surface area contributed by atoms with Gasteiger partial charge < -0.3 is 59.9 Å². The third-order valence-electron chi connectivity index (χ3n) is 11.0. The summed E-state index contributed by atoms with van der Waals surface area (Å²) in [5.74, 6) is -3.09. The Morgan fingerprint density at radius 2 is 1.07 bits per heavy atom. The highest BCUT2D eigenvalue weighted by molar-refractivity contribution is 6.46. The largest absolute Gasteiger partial charge is 0.479 e. The molecule has 20 heteroatoms. The summed E-state index contributed by atoms with van der Waals surface area (Å²) < 4.78 is 51.7. The van der Waals surface area contributed by atoms with Gasteiger partial charge in [-0.3, -0.25) is 19.2 Å². The van der Waals surface area contributed by atoms with Gasteiger partial charge in [-0.1, -0.05) is 12.1 Å². The number of carbonyl (C=O) groups excluding carboxylic acids is 4. The lowest BCUT2D eigenvalue weighted by atomic mass is 9.83. The van der Waals surface area contributed by atoms with Crippen LogP contribution in [0.4, 0.5) is 20.2 Å². The van der Waals surface area contributed by atoms with Gasteiger partial charge in [0, 0.05) is 25.7 Å². The maximum absolute atomic E-state index is 14.4. The Bertz CT molecular complexity index is 1640. The molecule has 2 fully saturated rings. The SMILES string of the molecule is CB(O)N(C)[C@@H](C)C(=O)N[C@@H]1C(=O)Nc2cccc(F)c2OC12CCOCC2.CB(O)N(C)[C@@H](C)C(=O)N[C@H]1C(=O)Nc2cccc(F)c2OC12CCOCC2. The summed E-state index contributed by atoms with van der Waals surface area (Å²) in [6.07, 6.45) is 1.28. The molecule has 0 aromatic heterocycles. The molecule has 0 radical (unpaired) electrons. The summed E-state index contributed by atoms with van der Waals surface area (Å²) in [4.78, 5) is 54.5. The zero-order valence-electron chi connectivity index (χ0n) is 32.4. The molecule has 0 saturated carbocycles. The minimum Gasteiger partial charge on any atom is -0.479 e. The van der Waals surface area contributed by atoms with Gasteiger partial charge in [0.2, 0.25) is 11.8 Å². The molecule has 0 aliphatic carbocycles. The number of nitrogens with zero attached hydrogens (tertiary/aromatic N) is 2. The molecule has 6 rings (SSSR count). The zero-order chi connectivity index (χ0) is 40.9. The van der Waals surface area contributed by atoms with Crippen molar-refractivity contribution in [3.8, 4) is 11.5 Å². The molecule has 2 aromatic carbocycles. The van der Waals surface area contributed by atoms with Gasteiger partial charge in [-0.05, 0) is 65.9 Å². The third-order valence-corrected chi connectivity index (χ3v) is 11.0. The van der Waals surface area contributed by atoms with E-state index in [2.05, 4.69) is 21.3 Å². The van der Waals surface area contributed by atoms with Crippen molar-refractivity contribution in [2.45, 2.75) is 88.5 Å². The normalized spacial score (nSPS) is 21.9. The van der Waals surface area contributed by atoms with Gasteiger partial charge in [0.1, 0.15) is 23.3 Å². The van der Waals surface area contributed by atoms with Gasteiger partial charge in [-0.2, -0.15) is 0 Å². The number of hydrogen-bond donors (Lipinski definition) is 6. The fourth-order valence-electron chi connectivity index (χ4n) is 6.99. The second-order valence-electron chi connectivity index (χ2n) is 14.6. The van der Waals surface area contributed by atoms with Crippen molar-refractivity contribution in [3.05, 3.63) is 48.0 Å². The van der Waals surface area contributed by atoms with Crippen LogP contribution in [0, 0.1) is 11.6 Å². The van der Waals surface area contributed by atoms with E-state index in [9.17, 15) is 38.0 Å². The number of amides is 4. The van der Waals surface area contributed by atoms with Gasteiger partial charge >= 0.3 is 14.1 Å². The van der Waals surface area contributed by atoms with E-state index in [4.69, 9.17) is 18.9 Å². The number of anilines is 2. The molecule has 56 heavy (non-hydrogen) atoms. The monoisotopic (exact) mass is 786 g/mol. The van der Waals surface area contributed by atoms with Crippen molar-refractivity contribution in [3.63, 3.8) is 0 Å². The number of fused-ring (bicyclic) bond motifs is 2. The lowest BCUT2D eigenvalue weighted by Gasteiger charge is -2.41. The smallest absolute Gasteiger partial charge is 0.376 e. The molecule has 4 atom stereocenters. The molecule has 16 nitrogen and oxygen atoms in total. The van der Waals surface area contributed by atoms with Crippen molar-refractivity contribution in [2.75, 3.05) is 51.2 Å². The van der Waals surface area contributed by atoms with Crippen molar-refractivity contribution in [1.29, 1.82) is 0 Å². The van der Waals surface area contributed by atoms with Crippen molar-refractivity contribution < 1.29 is 57.0 Å². The molecule has 0 unspecified atom stereocenters. The topological polar surface area (TPSA) is 200 Å². The average molecular weight is 786 g/mol. The second-order valence-corrected chi connectivity index (χ2v) is 14.6. The Morgan fingerprint density at radius 1 is 0.732 bits per heavy atom. The van der Waals surface area contributed by atoms with Crippen molar-refractivity contribution in [1.82, 2.24) is 20.3 Å². The molecule has 2 spiro atoms. The second kappa shape index (κ2) is 17.9. The first-order valence-corrected chi connectivity index (χ1v) is 18.6. The highest BCUT2D eigenvalue weighted by Gasteiger charge is 2.52. The molecule has 4 aliphatic rings. The molecular formula is C36H50B2F2N6O10. The number of likely N-dealkylation sites (N-methyl/N-ethyl adjacent to an activating group) is 2. The number of benzene rings is 2. The van der Waals surface area contributed by atoms with E-state index in [1.807, 2.05) is 0 Å². The maximum atomic E-state index is 14.4. The summed E-state index contributed by atoms with van der Waals surface area (Å²) >= 11 is 0. The van der Waals surface area contributed by atoms with E-state index in [-0.39, 0.29) is 22.9 Å². The van der Waals surface area contributed by atoms with Gasteiger partial charge in [-0.25, -0.2) is 8.78 Å². The van der Waals surface area contributed by atoms with Crippen LogP contribution in [-0.4, -0.2) is 133 Å². The highest BCUT2D eigenvalue weighted by Crippen LogP contribution is 2.41. The van der Waals surface area contributed by atoms with E-state index in [0.29, 0.717) is 52.1 Å². The van der Waals surface area contributed by atoms with Gasteiger partial charge in [0.15, 0.2) is 23.1 Å². The first-order chi connectivity index (χ1) is 26.5. The molecule has 4 amide bonds. The van der Waals surface area contributed by atoms with Crippen LogP contribution in [0.2, 0.25) is 13.6 Å². The van der Waals surface area contributed by atoms with E-state index in [1.165, 1.54) is 33.9 Å². The molecule has 0 bridgehead atoms. The number of rotatable bonds is 8. The molecule has 2 aromatic rings. The van der Waals surface area contributed by atoms with Crippen LogP contribution in [0.3, 0.4) is 0 Å². The van der Waals surface area contributed by atoms with Crippen LogP contribution in [-0.2, 0) is 28.7 Å². The van der Waals surface area contributed by atoms with Crippen molar-refractivity contribution >= 4 is 49.1 Å². The highest BCUT2D eigenvalue weighted by atomic mass is 19.1. The van der Waals surface area contributed by atoms with Crippen molar-refractivity contribution in [2.24, 2.45) is 0 Å². The van der Waals surface area contributed by atoms with Gasteiger partial charge in [0.05, 0.1) is 49.9 Å². The van der Waals surface area contributed by atoms with E-state index >= 15 is 0 Å². The number of nitrogens with one attached hydrogen (secondary N) is 4. The number of hydrogen-bond acceptors (Lipinski definition) is 12. The molecule has 6 N–H and O–H groups in total. The minimum absolute atomic E-state index is 0.0383. The van der Waals surface area contributed by atoms with Gasteiger partial charge in [-0.15, -0.1) is 0 Å². The number of para-hydroxylation sites is 2. The average Bonchev–Trinajstić information content (AvgIpc) is 3.35. The Balaban J connectivity index is 0.000000214. The third kappa shape index (κ3) is 9.11. The van der Waals surface area contributed by atoms with Crippen LogP contribution < -0.4 is 30.7 Å². The Hall–Kier alpha value is -4.33. The molecule has 2 saturated heterocycles. The number of halogens is 2. The summed E-state index contributed by atoms with van der Waals surface area (Å²) in [5.41, 5.74) is -1.81. The fourth-order valence-corrected chi connectivity index (χ4v) is 6.99. The molecule has 4 heterocycles. The summed E-state index contributed by atoms with van der Waals surface area (Å²) in [5, 5.41) is 30.3. The van der Waals surface area contributed by atoms with Crippen LogP contribution in [0.1, 0.15) is 39.5 Å². The summed E-state index contributed by atoms with van der Waals surface area (Å²) in [6, 6.07) is 5.13. The Morgan fingerprint density at radius 3 is 1.39 bits per heavy atom.